The molecule has 0 aliphatic carbocycles. The average Bonchev–Trinajstić information content (AvgIpc) is 2.91. The summed E-state index contributed by atoms with van der Waals surface area (Å²) < 4.78 is 7.31. The molecule has 0 unspecified atom stereocenters. The van der Waals surface area contributed by atoms with Gasteiger partial charge in [0.25, 0.3) is 5.91 Å². The molecule has 90 valence electrons. The van der Waals surface area contributed by atoms with Crippen molar-refractivity contribution in [2.75, 3.05) is 0 Å². The number of hydrogen-bond acceptors (Lipinski definition) is 3. The van der Waals surface area contributed by atoms with Crippen LogP contribution in [0.4, 0.5) is 0 Å². The van der Waals surface area contributed by atoms with Gasteiger partial charge in [-0.25, -0.2) is 5.84 Å². The summed E-state index contributed by atoms with van der Waals surface area (Å²) in [6.07, 6.45) is 1.64. The molecule has 0 spiro atoms. The van der Waals surface area contributed by atoms with E-state index in [0.29, 0.717) is 12.1 Å². The molecule has 3 N–H and O–H groups in total. The van der Waals surface area contributed by atoms with Crippen molar-refractivity contribution in [1.29, 1.82) is 0 Å². The van der Waals surface area contributed by atoms with Crippen LogP contribution in [0.3, 0.4) is 0 Å². The Kier molecular flexibility index (Phi) is 3.01. The number of carbonyl (C=O) groups excluding carboxylic acids is 1. The van der Waals surface area contributed by atoms with Crippen LogP contribution < -0.4 is 11.3 Å². The van der Waals surface area contributed by atoms with Crippen molar-refractivity contribution < 1.29 is 9.21 Å². The molecule has 0 bridgehead atoms. The lowest BCUT2D eigenvalue weighted by molar-refractivity contribution is 0.0953. The normalized spacial score (nSPS) is 10.5. The van der Waals surface area contributed by atoms with Gasteiger partial charge in [0.1, 0.15) is 5.76 Å². The van der Waals surface area contributed by atoms with Gasteiger partial charge in [-0.3, -0.25) is 10.2 Å². The molecule has 0 radical (unpaired) electrons. The number of hydrazine groups is 1. The molecule has 5 nitrogen and oxygen atoms in total. The van der Waals surface area contributed by atoms with Crippen LogP contribution in [0.25, 0.3) is 0 Å². The van der Waals surface area contributed by atoms with Crippen LogP contribution in [0.2, 0.25) is 0 Å². The Morgan fingerprint density at radius 1 is 1.53 bits per heavy atom. The fourth-order valence-corrected chi connectivity index (χ4v) is 1.91. The maximum Gasteiger partial charge on any atom is 0.267 e. The molecule has 1 amide bonds. The van der Waals surface area contributed by atoms with Crippen molar-refractivity contribution in [3.8, 4) is 0 Å². The Morgan fingerprint density at radius 2 is 2.29 bits per heavy atom. The molecule has 2 rings (SSSR count). The van der Waals surface area contributed by atoms with Gasteiger partial charge < -0.3 is 8.98 Å². The first-order valence-corrected chi connectivity index (χ1v) is 5.33. The van der Waals surface area contributed by atoms with Crippen LogP contribution in [0.5, 0.6) is 0 Å². The van der Waals surface area contributed by atoms with Crippen molar-refractivity contribution in [2.24, 2.45) is 5.84 Å². The second-order valence-corrected chi connectivity index (χ2v) is 3.92. The highest BCUT2D eigenvalue weighted by atomic mass is 16.3. The number of nitrogen functional groups attached to an aromatic ring is 1. The largest absolute Gasteiger partial charge is 0.467 e. The van der Waals surface area contributed by atoms with Crippen molar-refractivity contribution >= 4 is 5.91 Å². The molecule has 0 aromatic carbocycles. The van der Waals surface area contributed by atoms with Crippen molar-refractivity contribution in [2.45, 2.75) is 20.4 Å². The third-order valence-electron chi connectivity index (χ3n) is 2.84. The Balaban J connectivity index is 2.35. The Bertz CT molecular complexity index is 526. The average molecular weight is 233 g/mol. The Hall–Kier alpha value is -2.01. The number of furan rings is 1. The molecule has 0 aliphatic heterocycles. The van der Waals surface area contributed by atoms with Gasteiger partial charge in [0, 0.05) is 11.4 Å². The summed E-state index contributed by atoms with van der Waals surface area (Å²) in [5.74, 6) is 5.72. The molecule has 0 aliphatic rings. The number of nitrogens with zero attached hydrogens (tertiary/aromatic N) is 1. The van der Waals surface area contributed by atoms with E-state index in [1.165, 1.54) is 0 Å². The van der Waals surface area contributed by atoms with E-state index in [2.05, 4.69) is 5.43 Å². The number of nitrogens with one attached hydrogen (secondary N) is 1. The molecular formula is C12H15N3O2. The summed E-state index contributed by atoms with van der Waals surface area (Å²) in [7, 11) is 0. The minimum absolute atomic E-state index is 0.274. The lowest BCUT2D eigenvalue weighted by Gasteiger charge is -2.07. The number of hydrogen-bond donors (Lipinski definition) is 2. The predicted octanol–water partition coefficient (Wildman–Crippen LogP) is 1.35. The molecule has 17 heavy (non-hydrogen) atoms. The number of rotatable bonds is 3. The van der Waals surface area contributed by atoms with Crippen molar-refractivity contribution in [3.63, 3.8) is 0 Å². The van der Waals surface area contributed by atoms with Crippen LogP contribution in [0.1, 0.15) is 27.5 Å². The topological polar surface area (TPSA) is 73.2 Å². The first-order valence-electron chi connectivity index (χ1n) is 5.33. The van der Waals surface area contributed by atoms with Gasteiger partial charge in [0.2, 0.25) is 0 Å². The summed E-state index contributed by atoms with van der Waals surface area (Å²) in [4.78, 5) is 11.5. The summed E-state index contributed by atoms with van der Waals surface area (Å²) in [5, 5.41) is 0. The molecule has 0 saturated carbocycles. The fraction of sp³-hybridized carbons (Fsp3) is 0.250. The van der Waals surface area contributed by atoms with E-state index in [9.17, 15) is 4.79 Å². The molecule has 2 aromatic rings. The molecule has 0 atom stereocenters. The summed E-state index contributed by atoms with van der Waals surface area (Å²) >= 11 is 0. The van der Waals surface area contributed by atoms with Crippen LogP contribution >= 0.6 is 0 Å². The van der Waals surface area contributed by atoms with Gasteiger partial charge in [0.15, 0.2) is 0 Å². The Labute approximate surface area is 99.2 Å². The zero-order valence-corrected chi connectivity index (χ0v) is 9.86. The fourth-order valence-electron chi connectivity index (χ4n) is 1.91. The van der Waals surface area contributed by atoms with Crippen molar-refractivity contribution in [1.82, 2.24) is 9.99 Å². The maximum absolute atomic E-state index is 11.5. The van der Waals surface area contributed by atoms with Crippen LogP contribution in [0.15, 0.2) is 28.9 Å². The van der Waals surface area contributed by atoms with Crippen LogP contribution in [-0.4, -0.2) is 10.5 Å². The highest BCUT2D eigenvalue weighted by Crippen LogP contribution is 2.17. The van der Waals surface area contributed by atoms with Crippen molar-refractivity contribution in [3.05, 3.63) is 47.2 Å². The SMILES string of the molecule is Cc1cc(C(=O)NN)c(C)n1Cc1ccco1. The third-order valence-corrected chi connectivity index (χ3v) is 2.84. The minimum atomic E-state index is -0.274. The number of amides is 1. The van der Waals surface area contributed by atoms with Gasteiger partial charge in [-0.1, -0.05) is 0 Å². The van der Waals surface area contributed by atoms with E-state index in [0.717, 1.165) is 17.1 Å². The van der Waals surface area contributed by atoms with E-state index in [-0.39, 0.29) is 5.91 Å². The maximum atomic E-state index is 11.5. The Morgan fingerprint density at radius 3 is 2.88 bits per heavy atom. The quantitative estimate of drug-likeness (QED) is 0.477. The van der Waals surface area contributed by atoms with Gasteiger partial charge >= 0.3 is 0 Å². The molecule has 0 saturated heterocycles. The van der Waals surface area contributed by atoms with E-state index < -0.39 is 0 Å². The molecular weight excluding hydrogens is 218 g/mol. The van der Waals surface area contributed by atoms with Gasteiger partial charge in [0.05, 0.1) is 18.4 Å². The first-order chi connectivity index (χ1) is 8.13. The van der Waals surface area contributed by atoms with Gasteiger partial charge in [-0.15, -0.1) is 0 Å². The minimum Gasteiger partial charge on any atom is -0.467 e. The highest BCUT2D eigenvalue weighted by Gasteiger charge is 2.15. The molecule has 0 fully saturated rings. The number of aromatic nitrogens is 1. The van der Waals surface area contributed by atoms with E-state index in [1.807, 2.05) is 36.6 Å². The highest BCUT2D eigenvalue weighted by molar-refractivity contribution is 5.95. The van der Waals surface area contributed by atoms with Crippen LogP contribution in [-0.2, 0) is 6.54 Å². The van der Waals surface area contributed by atoms with E-state index in [1.54, 1.807) is 6.26 Å². The second-order valence-electron chi connectivity index (χ2n) is 3.92. The smallest absolute Gasteiger partial charge is 0.267 e. The lowest BCUT2D eigenvalue weighted by Crippen LogP contribution is -2.30. The van der Waals surface area contributed by atoms with E-state index >= 15 is 0 Å². The summed E-state index contributed by atoms with van der Waals surface area (Å²) in [5.41, 5.74) is 4.61. The first kappa shape index (κ1) is 11.5. The standard InChI is InChI=1S/C12H15N3O2/c1-8-6-11(12(16)14-13)9(2)15(8)7-10-4-3-5-17-10/h3-6H,7,13H2,1-2H3,(H,14,16). The van der Waals surface area contributed by atoms with Gasteiger partial charge in [-0.2, -0.15) is 0 Å². The molecule has 2 heterocycles. The number of aryl methyl sites for hydroxylation is 1. The molecule has 5 heteroatoms. The second kappa shape index (κ2) is 4.47. The van der Waals surface area contributed by atoms with E-state index in [4.69, 9.17) is 10.3 Å². The monoisotopic (exact) mass is 233 g/mol. The summed E-state index contributed by atoms with van der Waals surface area (Å²) in [6, 6.07) is 5.57. The summed E-state index contributed by atoms with van der Waals surface area (Å²) in [6.45, 7) is 4.45. The third kappa shape index (κ3) is 2.09. The number of carbonyl (C=O) groups is 1. The predicted molar refractivity (Wildman–Crippen MR) is 63.4 cm³/mol. The lowest BCUT2D eigenvalue weighted by atomic mass is 10.2. The van der Waals surface area contributed by atoms with Crippen LogP contribution in [0, 0.1) is 13.8 Å². The zero-order valence-electron chi connectivity index (χ0n) is 9.86. The zero-order chi connectivity index (χ0) is 12.4. The number of nitrogens with two attached hydrogens (primary N) is 1. The molecule has 2 aromatic heterocycles. The van der Waals surface area contributed by atoms with Gasteiger partial charge in [-0.05, 0) is 32.0 Å².